The van der Waals surface area contributed by atoms with Gasteiger partial charge in [0.15, 0.2) is 5.13 Å². The highest BCUT2D eigenvalue weighted by Gasteiger charge is 2.07. The minimum absolute atomic E-state index is 0.101. The summed E-state index contributed by atoms with van der Waals surface area (Å²) < 4.78 is 0. The molecule has 0 spiro atoms. The van der Waals surface area contributed by atoms with Crippen LogP contribution in [-0.2, 0) is 11.2 Å². The molecule has 0 fully saturated rings. The number of hydrogen-bond donors (Lipinski definition) is 2. The van der Waals surface area contributed by atoms with Crippen LogP contribution in [0.3, 0.4) is 0 Å². The van der Waals surface area contributed by atoms with E-state index in [1.165, 1.54) is 22.5 Å². The van der Waals surface area contributed by atoms with E-state index in [4.69, 9.17) is 0 Å². The summed E-state index contributed by atoms with van der Waals surface area (Å²) in [6.07, 6.45) is 2.65. The van der Waals surface area contributed by atoms with Gasteiger partial charge in [0.2, 0.25) is 5.91 Å². The summed E-state index contributed by atoms with van der Waals surface area (Å²) in [5, 5.41) is 6.57. The summed E-state index contributed by atoms with van der Waals surface area (Å²) >= 11 is 1.51. The standard InChI is InChI=1S/C19H19N3OS/c1-14-7-9-16(10-8-14)20-13-18(23)22-19-21-12-17(24-19)11-15-5-3-2-4-6-15/h2-10,12,20H,11,13H2,1H3,(H,21,22,23). The van der Waals surface area contributed by atoms with Gasteiger partial charge < -0.3 is 10.6 Å². The second-order valence-corrected chi connectivity index (χ2v) is 6.68. The lowest BCUT2D eigenvalue weighted by Crippen LogP contribution is -2.21. The Morgan fingerprint density at radius 2 is 1.83 bits per heavy atom. The number of rotatable bonds is 6. The lowest BCUT2D eigenvalue weighted by Gasteiger charge is -2.06. The molecule has 0 aliphatic heterocycles. The van der Waals surface area contributed by atoms with E-state index in [2.05, 4.69) is 27.8 Å². The number of nitrogens with one attached hydrogen (secondary N) is 2. The normalized spacial score (nSPS) is 10.4. The molecule has 0 saturated carbocycles. The van der Waals surface area contributed by atoms with Gasteiger partial charge in [-0.15, -0.1) is 11.3 Å². The Labute approximate surface area is 145 Å². The Hall–Kier alpha value is -2.66. The molecule has 2 aromatic carbocycles. The molecule has 2 N–H and O–H groups in total. The first-order valence-electron chi connectivity index (χ1n) is 7.78. The topological polar surface area (TPSA) is 54.0 Å². The number of carbonyl (C=O) groups is 1. The quantitative estimate of drug-likeness (QED) is 0.712. The molecule has 0 atom stereocenters. The maximum Gasteiger partial charge on any atom is 0.245 e. The van der Waals surface area contributed by atoms with Crippen LogP contribution in [-0.4, -0.2) is 17.4 Å². The number of aromatic nitrogens is 1. The van der Waals surface area contributed by atoms with Gasteiger partial charge in [-0.3, -0.25) is 4.79 Å². The Morgan fingerprint density at radius 3 is 2.58 bits per heavy atom. The van der Waals surface area contributed by atoms with Crippen LogP contribution in [0.1, 0.15) is 16.0 Å². The number of carbonyl (C=O) groups excluding carboxylic acids is 1. The molecule has 4 nitrogen and oxygen atoms in total. The average molecular weight is 337 g/mol. The van der Waals surface area contributed by atoms with Crippen LogP contribution in [0.2, 0.25) is 0 Å². The molecule has 0 saturated heterocycles. The molecule has 0 unspecified atom stereocenters. The Kier molecular flexibility index (Phi) is 5.23. The van der Waals surface area contributed by atoms with Crippen molar-refractivity contribution in [1.82, 2.24) is 4.98 Å². The Morgan fingerprint density at radius 1 is 1.08 bits per heavy atom. The number of hydrogen-bond acceptors (Lipinski definition) is 4. The van der Waals surface area contributed by atoms with Crippen molar-refractivity contribution >= 4 is 28.1 Å². The second kappa shape index (κ2) is 7.75. The third-order valence-electron chi connectivity index (χ3n) is 3.53. The van der Waals surface area contributed by atoms with Gasteiger partial charge in [0.25, 0.3) is 0 Å². The first-order chi connectivity index (χ1) is 11.7. The van der Waals surface area contributed by atoms with Crippen LogP contribution in [0.4, 0.5) is 10.8 Å². The molecule has 0 bridgehead atoms. The smallest absolute Gasteiger partial charge is 0.245 e. The van der Waals surface area contributed by atoms with Crippen LogP contribution in [0.25, 0.3) is 0 Å². The van der Waals surface area contributed by atoms with E-state index in [9.17, 15) is 4.79 Å². The van der Waals surface area contributed by atoms with Gasteiger partial charge in [-0.1, -0.05) is 48.0 Å². The number of amides is 1. The second-order valence-electron chi connectivity index (χ2n) is 5.56. The number of nitrogens with zero attached hydrogens (tertiary/aromatic N) is 1. The maximum absolute atomic E-state index is 12.0. The van der Waals surface area contributed by atoms with Gasteiger partial charge in [0.1, 0.15) is 0 Å². The average Bonchev–Trinajstić information content (AvgIpc) is 3.02. The lowest BCUT2D eigenvalue weighted by atomic mass is 10.1. The van der Waals surface area contributed by atoms with E-state index >= 15 is 0 Å². The van der Waals surface area contributed by atoms with E-state index < -0.39 is 0 Å². The molecule has 1 aromatic heterocycles. The SMILES string of the molecule is Cc1ccc(NCC(=O)Nc2ncc(Cc3ccccc3)s2)cc1. The number of thiazole rings is 1. The number of anilines is 2. The summed E-state index contributed by atoms with van der Waals surface area (Å²) in [6, 6.07) is 18.2. The summed E-state index contributed by atoms with van der Waals surface area (Å²) in [5.41, 5.74) is 3.36. The molecular formula is C19H19N3OS. The third kappa shape index (κ3) is 4.67. The van der Waals surface area contributed by atoms with Crippen molar-refractivity contribution in [3.05, 3.63) is 76.8 Å². The highest BCUT2D eigenvalue weighted by molar-refractivity contribution is 7.15. The van der Waals surface area contributed by atoms with Crippen LogP contribution in [0.5, 0.6) is 0 Å². The molecule has 24 heavy (non-hydrogen) atoms. The minimum atomic E-state index is -0.101. The maximum atomic E-state index is 12.0. The van der Waals surface area contributed by atoms with E-state index in [0.717, 1.165) is 17.0 Å². The van der Waals surface area contributed by atoms with Crippen molar-refractivity contribution in [3.8, 4) is 0 Å². The lowest BCUT2D eigenvalue weighted by molar-refractivity contribution is -0.114. The highest BCUT2D eigenvalue weighted by Crippen LogP contribution is 2.21. The Balaban J connectivity index is 1.50. The number of aryl methyl sites for hydroxylation is 1. The molecule has 122 valence electrons. The van der Waals surface area contributed by atoms with Gasteiger partial charge in [-0.25, -0.2) is 4.98 Å². The fourth-order valence-electron chi connectivity index (χ4n) is 2.26. The largest absolute Gasteiger partial charge is 0.376 e. The molecular weight excluding hydrogens is 318 g/mol. The van der Waals surface area contributed by atoms with E-state index in [0.29, 0.717) is 5.13 Å². The first-order valence-corrected chi connectivity index (χ1v) is 8.60. The van der Waals surface area contributed by atoms with Crippen molar-refractivity contribution in [1.29, 1.82) is 0 Å². The van der Waals surface area contributed by atoms with Crippen LogP contribution in [0.15, 0.2) is 60.8 Å². The van der Waals surface area contributed by atoms with Crippen LogP contribution < -0.4 is 10.6 Å². The molecule has 3 rings (SSSR count). The minimum Gasteiger partial charge on any atom is -0.376 e. The van der Waals surface area contributed by atoms with E-state index in [1.54, 1.807) is 0 Å². The van der Waals surface area contributed by atoms with Crippen molar-refractivity contribution in [2.24, 2.45) is 0 Å². The van der Waals surface area contributed by atoms with Gasteiger partial charge in [0.05, 0.1) is 6.54 Å². The number of benzene rings is 2. The fraction of sp³-hybridized carbons (Fsp3) is 0.158. The first kappa shape index (κ1) is 16.2. The van der Waals surface area contributed by atoms with Crippen molar-refractivity contribution in [2.45, 2.75) is 13.3 Å². The van der Waals surface area contributed by atoms with Crippen molar-refractivity contribution < 1.29 is 4.79 Å². The van der Waals surface area contributed by atoms with E-state index in [1.807, 2.05) is 55.6 Å². The Bertz CT molecular complexity index is 797. The van der Waals surface area contributed by atoms with Gasteiger partial charge in [-0.2, -0.15) is 0 Å². The molecule has 5 heteroatoms. The summed E-state index contributed by atoms with van der Waals surface area (Å²) in [5.74, 6) is -0.101. The van der Waals surface area contributed by atoms with Gasteiger partial charge >= 0.3 is 0 Å². The molecule has 0 aliphatic rings. The van der Waals surface area contributed by atoms with E-state index in [-0.39, 0.29) is 12.5 Å². The highest BCUT2D eigenvalue weighted by atomic mass is 32.1. The molecule has 3 aromatic rings. The predicted octanol–water partition coefficient (Wildman–Crippen LogP) is 4.09. The van der Waals surface area contributed by atoms with Crippen LogP contribution >= 0.6 is 11.3 Å². The third-order valence-corrected chi connectivity index (χ3v) is 4.44. The molecule has 0 aliphatic carbocycles. The summed E-state index contributed by atoms with van der Waals surface area (Å²) in [6.45, 7) is 2.25. The predicted molar refractivity (Wildman–Crippen MR) is 99.7 cm³/mol. The molecule has 0 radical (unpaired) electrons. The van der Waals surface area contributed by atoms with Crippen molar-refractivity contribution in [2.75, 3.05) is 17.2 Å². The molecule has 1 amide bonds. The van der Waals surface area contributed by atoms with Gasteiger partial charge in [-0.05, 0) is 24.6 Å². The monoisotopic (exact) mass is 337 g/mol. The summed E-state index contributed by atoms with van der Waals surface area (Å²) in [7, 11) is 0. The fourth-order valence-corrected chi connectivity index (χ4v) is 3.12. The van der Waals surface area contributed by atoms with Crippen LogP contribution in [0, 0.1) is 6.92 Å². The zero-order chi connectivity index (χ0) is 16.8. The zero-order valence-corrected chi connectivity index (χ0v) is 14.3. The molecule has 1 heterocycles. The van der Waals surface area contributed by atoms with Crippen molar-refractivity contribution in [3.63, 3.8) is 0 Å². The van der Waals surface area contributed by atoms with Gasteiger partial charge in [0, 0.05) is 23.2 Å². The zero-order valence-electron chi connectivity index (χ0n) is 13.5. The summed E-state index contributed by atoms with van der Waals surface area (Å²) in [4.78, 5) is 17.4.